The van der Waals surface area contributed by atoms with E-state index in [-0.39, 0.29) is 6.54 Å². The Morgan fingerprint density at radius 1 is 1.47 bits per heavy atom. The van der Waals surface area contributed by atoms with Crippen molar-refractivity contribution in [2.45, 2.75) is 12.6 Å². The Kier molecular flexibility index (Phi) is 3.33. The van der Waals surface area contributed by atoms with E-state index in [1.54, 1.807) is 6.07 Å². The van der Waals surface area contributed by atoms with E-state index in [4.69, 9.17) is 0 Å². The molecule has 0 spiro atoms. The third kappa shape index (κ3) is 2.58. The van der Waals surface area contributed by atoms with Gasteiger partial charge in [0.2, 0.25) is 5.91 Å². The van der Waals surface area contributed by atoms with E-state index in [0.29, 0.717) is 5.56 Å². The van der Waals surface area contributed by atoms with Gasteiger partial charge in [0, 0.05) is 0 Å². The van der Waals surface area contributed by atoms with Gasteiger partial charge in [-0.3, -0.25) is 10.1 Å². The highest BCUT2D eigenvalue weighted by atomic mass is 19.3. The van der Waals surface area contributed by atoms with Gasteiger partial charge in [0.25, 0.3) is 6.43 Å². The Hall–Kier alpha value is -1.56. The zero-order chi connectivity index (χ0) is 12.4. The third-order valence-electron chi connectivity index (χ3n) is 2.58. The van der Waals surface area contributed by atoms with Crippen LogP contribution in [-0.4, -0.2) is 30.3 Å². The van der Waals surface area contributed by atoms with Crippen molar-refractivity contribution < 1.29 is 18.0 Å². The second-order valence-electron chi connectivity index (χ2n) is 3.78. The molecular formula is C11H11F3N2O. The summed E-state index contributed by atoms with van der Waals surface area (Å²) in [5.74, 6) is -0.861. The first-order chi connectivity index (χ1) is 8.08. The topological polar surface area (TPSA) is 32.3 Å². The van der Waals surface area contributed by atoms with Crippen LogP contribution in [0.3, 0.4) is 0 Å². The fourth-order valence-electron chi connectivity index (χ4n) is 1.87. The quantitative estimate of drug-likeness (QED) is 0.874. The molecule has 1 aromatic carbocycles. The van der Waals surface area contributed by atoms with Crippen molar-refractivity contribution in [2.24, 2.45) is 0 Å². The van der Waals surface area contributed by atoms with Gasteiger partial charge in [-0.1, -0.05) is 12.1 Å². The molecule has 0 aromatic heterocycles. The smallest absolute Gasteiger partial charge is 0.255 e. The molecule has 1 aromatic rings. The highest BCUT2D eigenvalue weighted by Gasteiger charge is 2.33. The number of halogens is 3. The Labute approximate surface area is 96.2 Å². The molecule has 6 heteroatoms. The molecule has 17 heavy (non-hydrogen) atoms. The average Bonchev–Trinajstić information content (AvgIpc) is 2.60. The van der Waals surface area contributed by atoms with Gasteiger partial charge in [0.1, 0.15) is 12.0 Å². The molecule has 1 atom stereocenters. The van der Waals surface area contributed by atoms with E-state index >= 15 is 0 Å². The van der Waals surface area contributed by atoms with E-state index < -0.39 is 30.9 Å². The lowest BCUT2D eigenvalue weighted by Crippen LogP contribution is -2.34. The van der Waals surface area contributed by atoms with Crippen molar-refractivity contribution in [3.8, 4) is 0 Å². The van der Waals surface area contributed by atoms with Crippen LogP contribution in [0.2, 0.25) is 0 Å². The zero-order valence-electron chi connectivity index (χ0n) is 8.87. The maximum absolute atomic E-state index is 13.0. The van der Waals surface area contributed by atoms with Gasteiger partial charge in [0.15, 0.2) is 0 Å². The first-order valence-electron chi connectivity index (χ1n) is 5.14. The molecule has 92 valence electrons. The summed E-state index contributed by atoms with van der Waals surface area (Å²) >= 11 is 0. The molecule has 1 heterocycles. The molecule has 0 saturated carbocycles. The monoisotopic (exact) mass is 244 g/mol. The average molecular weight is 244 g/mol. The molecule has 1 N–H and O–H groups in total. The van der Waals surface area contributed by atoms with Gasteiger partial charge in [-0.05, 0) is 17.7 Å². The lowest BCUT2D eigenvalue weighted by molar-refractivity contribution is -0.130. The van der Waals surface area contributed by atoms with E-state index in [0.717, 1.165) is 4.90 Å². The highest BCUT2D eigenvalue weighted by molar-refractivity contribution is 5.81. The Morgan fingerprint density at radius 3 is 2.88 bits per heavy atom. The van der Waals surface area contributed by atoms with Crippen LogP contribution in [-0.2, 0) is 4.79 Å². The molecule has 0 bridgehead atoms. The third-order valence-corrected chi connectivity index (χ3v) is 2.58. The van der Waals surface area contributed by atoms with Crippen molar-refractivity contribution in [2.75, 3.05) is 13.1 Å². The first kappa shape index (κ1) is 11.9. The van der Waals surface area contributed by atoms with Gasteiger partial charge in [0.05, 0.1) is 13.1 Å². The number of alkyl halides is 2. The van der Waals surface area contributed by atoms with E-state index in [1.165, 1.54) is 18.2 Å². The number of carbonyl (C=O) groups is 1. The van der Waals surface area contributed by atoms with E-state index in [1.807, 2.05) is 0 Å². The minimum atomic E-state index is -2.60. The lowest BCUT2D eigenvalue weighted by Gasteiger charge is -2.24. The van der Waals surface area contributed by atoms with Crippen molar-refractivity contribution >= 4 is 5.91 Å². The van der Waals surface area contributed by atoms with Crippen molar-refractivity contribution in [1.82, 2.24) is 10.2 Å². The predicted octanol–water partition coefficient (Wildman–Crippen LogP) is 1.52. The van der Waals surface area contributed by atoms with Crippen LogP contribution >= 0.6 is 0 Å². The van der Waals surface area contributed by atoms with Gasteiger partial charge in [-0.25, -0.2) is 13.2 Å². The second kappa shape index (κ2) is 4.75. The van der Waals surface area contributed by atoms with Crippen molar-refractivity contribution in [1.29, 1.82) is 0 Å². The normalized spacial score (nSPS) is 20.4. The van der Waals surface area contributed by atoms with Crippen LogP contribution in [0.4, 0.5) is 13.2 Å². The molecule has 1 aliphatic heterocycles. The molecule has 1 fully saturated rings. The number of hydrogen-bond donors (Lipinski definition) is 1. The molecule has 0 aliphatic carbocycles. The standard InChI is InChI=1S/C11H11F3N2O/c12-8-3-1-2-7(4-8)11-15-5-10(17)16(11)6-9(13)14/h1-4,9,11,15H,5-6H2. The van der Waals surface area contributed by atoms with Crippen LogP contribution < -0.4 is 5.32 Å². The largest absolute Gasteiger partial charge is 0.316 e. The fraction of sp³-hybridized carbons (Fsp3) is 0.364. The Bertz CT molecular complexity index is 425. The maximum atomic E-state index is 13.0. The molecule has 1 saturated heterocycles. The highest BCUT2D eigenvalue weighted by Crippen LogP contribution is 2.23. The summed E-state index contributed by atoms with van der Waals surface area (Å²) in [6.45, 7) is -0.652. The summed E-state index contributed by atoms with van der Waals surface area (Å²) in [6, 6.07) is 5.57. The SMILES string of the molecule is O=C1CNC(c2cccc(F)c2)N1CC(F)F. The Morgan fingerprint density at radius 2 is 2.24 bits per heavy atom. The van der Waals surface area contributed by atoms with Crippen LogP contribution in [0.15, 0.2) is 24.3 Å². The number of rotatable bonds is 3. The van der Waals surface area contributed by atoms with E-state index in [2.05, 4.69) is 5.32 Å². The van der Waals surface area contributed by atoms with Crippen molar-refractivity contribution in [3.05, 3.63) is 35.6 Å². The first-order valence-corrected chi connectivity index (χ1v) is 5.14. The predicted molar refractivity (Wildman–Crippen MR) is 54.9 cm³/mol. The Balaban J connectivity index is 2.22. The molecule has 3 nitrogen and oxygen atoms in total. The number of hydrogen-bond acceptors (Lipinski definition) is 2. The number of carbonyl (C=O) groups excluding carboxylic acids is 1. The molecule has 2 rings (SSSR count). The van der Waals surface area contributed by atoms with Crippen LogP contribution in [0.1, 0.15) is 11.7 Å². The van der Waals surface area contributed by atoms with Gasteiger partial charge < -0.3 is 4.90 Å². The summed E-state index contributed by atoms with van der Waals surface area (Å²) in [7, 11) is 0. The molecule has 1 aliphatic rings. The molecule has 1 amide bonds. The van der Waals surface area contributed by atoms with Gasteiger partial charge in [-0.2, -0.15) is 0 Å². The second-order valence-corrected chi connectivity index (χ2v) is 3.78. The lowest BCUT2D eigenvalue weighted by atomic mass is 10.1. The van der Waals surface area contributed by atoms with Crippen molar-refractivity contribution in [3.63, 3.8) is 0 Å². The summed E-state index contributed by atoms with van der Waals surface area (Å²) in [4.78, 5) is 12.4. The minimum Gasteiger partial charge on any atom is -0.316 e. The number of nitrogens with zero attached hydrogens (tertiary/aromatic N) is 1. The number of amides is 1. The fourth-order valence-corrected chi connectivity index (χ4v) is 1.87. The molecular weight excluding hydrogens is 233 g/mol. The zero-order valence-corrected chi connectivity index (χ0v) is 8.87. The summed E-state index contributed by atoms with van der Waals surface area (Å²) < 4.78 is 37.7. The van der Waals surface area contributed by atoms with Gasteiger partial charge in [-0.15, -0.1) is 0 Å². The minimum absolute atomic E-state index is 0.00605. The van der Waals surface area contributed by atoms with Crippen LogP contribution in [0.5, 0.6) is 0 Å². The summed E-state index contributed by atoms with van der Waals surface area (Å²) in [6.07, 6.45) is -3.28. The molecule has 1 unspecified atom stereocenters. The maximum Gasteiger partial charge on any atom is 0.255 e. The van der Waals surface area contributed by atoms with Crippen LogP contribution in [0, 0.1) is 5.82 Å². The molecule has 0 radical (unpaired) electrons. The number of benzene rings is 1. The van der Waals surface area contributed by atoms with Gasteiger partial charge >= 0.3 is 0 Å². The van der Waals surface area contributed by atoms with E-state index in [9.17, 15) is 18.0 Å². The summed E-state index contributed by atoms with van der Waals surface area (Å²) in [5.41, 5.74) is 0.469. The summed E-state index contributed by atoms with van der Waals surface area (Å²) in [5, 5.41) is 2.78. The van der Waals surface area contributed by atoms with Crippen LogP contribution in [0.25, 0.3) is 0 Å². The number of nitrogens with one attached hydrogen (secondary N) is 1.